The highest BCUT2D eigenvalue weighted by atomic mass is 16.5. The average Bonchev–Trinajstić information content (AvgIpc) is 2.35. The minimum Gasteiger partial charge on any atom is -0.481 e. The van der Waals surface area contributed by atoms with Crippen molar-refractivity contribution in [2.24, 2.45) is 0 Å². The summed E-state index contributed by atoms with van der Waals surface area (Å²) in [7, 11) is 5.76. The van der Waals surface area contributed by atoms with E-state index in [1.807, 2.05) is 40.2 Å². The molecule has 6 heteroatoms. The predicted molar refractivity (Wildman–Crippen MR) is 88.9 cm³/mol. The molecule has 134 valence electrons. The van der Waals surface area contributed by atoms with Crippen LogP contribution >= 0.6 is 0 Å². The maximum atomic E-state index is 11.8. The summed E-state index contributed by atoms with van der Waals surface area (Å²) in [6, 6.07) is 0. The van der Waals surface area contributed by atoms with Crippen molar-refractivity contribution in [3.05, 3.63) is 12.2 Å². The Morgan fingerprint density at radius 3 is 2.39 bits per heavy atom. The number of carboxylic acid groups (broad SMARTS) is 1. The number of ether oxygens (including phenoxy) is 1. The molecule has 0 rings (SSSR count). The van der Waals surface area contributed by atoms with Crippen molar-refractivity contribution in [2.75, 3.05) is 27.7 Å². The highest BCUT2D eigenvalue weighted by Crippen LogP contribution is 2.10. The van der Waals surface area contributed by atoms with E-state index in [9.17, 15) is 14.7 Å². The number of hydrogen-bond acceptors (Lipinski definition) is 4. The first-order chi connectivity index (χ1) is 10.6. The second kappa shape index (κ2) is 11.2. The van der Waals surface area contributed by atoms with Gasteiger partial charge in [-0.2, -0.15) is 0 Å². The van der Waals surface area contributed by atoms with Crippen LogP contribution in [0.15, 0.2) is 12.2 Å². The van der Waals surface area contributed by atoms with Crippen LogP contribution in [0.3, 0.4) is 0 Å². The Balaban J connectivity index is 4.16. The van der Waals surface area contributed by atoms with Crippen molar-refractivity contribution in [1.29, 1.82) is 0 Å². The SMILES string of the molecule is CC/C=C/CC(O)CCCC(=O)OC(CC(=O)O)C[N+](C)(C)C. The molecule has 2 unspecified atom stereocenters. The van der Waals surface area contributed by atoms with E-state index in [1.54, 1.807) is 0 Å². The standard InChI is InChI=1S/C17H31NO5/c1-5-6-7-9-14(19)10-8-11-17(22)23-15(12-16(20)21)13-18(2,3)4/h6-7,14-15,19H,5,8-13H2,1-4H3/p+1/b7-6+. The van der Waals surface area contributed by atoms with E-state index in [0.717, 1.165) is 6.42 Å². The van der Waals surface area contributed by atoms with Gasteiger partial charge in [-0.3, -0.25) is 9.59 Å². The van der Waals surface area contributed by atoms with Crippen molar-refractivity contribution >= 4 is 11.9 Å². The maximum Gasteiger partial charge on any atom is 0.307 e. The van der Waals surface area contributed by atoms with Crippen LogP contribution in [0, 0.1) is 0 Å². The lowest BCUT2D eigenvalue weighted by molar-refractivity contribution is -0.873. The Hall–Kier alpha value is -1.40. The fourth-order valence-electron chi connectivity index (χ4n) is 2.21. The number of quaternary nitrogens is 1. The summed E-state index contributed by atoms with van der Waals surface area (Å²) in [6.07, 6.45) is 5.46. The lowest BCUT2D eigenvalue weighted by Gasteiger charge is -2.28. The van der Waals surface area contributed by atoms with Gasteiger partial charge in [-0.1, -0.05) is 19.1 Å². The number of carbonyl (C=O) groups is 2. The molecule has 0 bridgehead atoms. The molecule has 0 aliphatic rings. The van der Waals surface area contributed by atoms with Gasteiger partial charge < -0.3 is 19.4 Å². The fourth-order valence-corrected chi connectivity index (χ4v) is 2.21. The van der Waals surface area contributed by atoms with Crippen molar-refractivity contribution in [2.45, 2.75) is 57.7 Å². The molecule has 0 amide bonds. The summed E-state index contributed by atoms with van der Waals surface area (Å²) in [5, 5.41) is 18.7. The van der Waals surface area contributed by atoms with Crippen LogP contribution in [-0.2, 0) is 14.3 Å². The Labute approximate surface area is 139 Å². The molecule has 0 spiro atoms. The van der Waals surface area contributed by atoms with Crippen molar-refractivity contribution in [3.8, 4) is 0 Å². The van der Waals surface area contributed by atoms with Gasteiger partial charge in [0.1, 0.15) is 6.54 Å². The minimum atomic E-state index is -0.977. The molecule has 0 aromatic heterocycles. The van der Waals surface area contributed by atoms with Crippen molar-refractivity contribution in [3.63, 3.8) is 0 Å². The number of aliphatic hydroxyl groups is 1. The van der Waals surface area contributed by atoms with Gasteiger partial charge in [0, 0.05) is 6.42 Å². The number of rotatable bonds is 12. The first-order valence-electron chi connectivity index (χ1n) is 8.18. The molecule has 0 aliphatic heterocycles. The van der Waals surface area contributed by atoms with E-state index in [-0.39, 0.29) is 12.8 Å². The first-order valence-corrected chi connectivity index (χ1v) is 8.18. The van der Waals surface area contributed by atoms with Gasteiger partial charge in [-0.05, 0) is 25.7 Å². The molecule has 0 saturated carbocycles. The summed E-state index contributed by atoms with van der Waals surface area (Å²) in [4.78, 5) is 22.7. The summed E-state index contributed by atoms with van der Waals surface area (Å²) in [6.45, 7) is 2.48. The first kappa shape index (κ1) is 21.6. The van der Waals surface area contributed by atoms with Gasteiger partial charge in [0.05, 0.1) is 33.7 Å². The fraction of sp³-hybridized carbons (Fsp3) is 0.765. The van der Waals surface area contributed by atoms with Gasteiger partial charge >= 0.3 is 11.9 Å². The number of hydrogen-bond donors (Lipinski definition) is 2. The Bertz CT molecular complexity index is 387. The van der Waals surface area contributed by atoms with Crippen LogP contribution in [-0.4, -0.2) is 66.5 Å². The molecule has 0 aromatic carbocycles. The lowest BCUT2D eigenvalue weighted by atomic mass is 10.1. The topological polar surface area (TPSA) is 83.8 Å². The highest BCUT2D eigenvalue weighted by molar-refractivity contribution is 5.71. The van der Waals surface area contributed by atoms with Gasteiger partial charge in [0.15, 0.2) is 6.10 Å². The smallest absolute Gasteiger partial charge is 0.307 e. The third-order valence-corrected chi connectivity index (χ3v) is 3.18. The lowest BCUT2D eigenvalue weighted by Crippen LogP contribution is -2.43. The second-order valence-corrected chi connectivity index (χ2v) is 6.84. The molecular weight excluding hydrogens is 298 g/mol. The molecule has 2 N–H and O–H groups in total. The van der Waals surface area contributed by atoms with E-state index in [1.165, 1.54) is 0 Å². The van der Waals surface area contributed by atoms with Crippen LogP contribution in [0.25, 0.3) is 0 Å². The Kier molecular flexibility index (Phi) is 10.5. The number of esters is 1. The molecule has 2 atom stereocenters. The predicted octanol–water partition coefficient (Wildman–Crippen LogP) is 1.97. The maximum absolute atomic E-state index is 11.8. The summed E-state index contributed by atoms with van der Waals surface area (Å²) in [5.41, 5.74) is 0. The zero-order chi connectivity index (χ0) is 17.9. The summed E-state index contributed by atoms with van der Waals surface area (Å²) in [5.74, 6) is -1.38. The van der Waals surface area contributed by atoms with E-state index < -0.39 is 24.1 Å². The molecule has 6 nitrogen and oxygen atoms in total. The van der Waals surface area contributed by atoms with E-state index >= 15 is 0 Å². The van der Waals surface area contributed by atoms with Crippen LogP contribution in [0.4, 0.5) is 0 Å². The number of nitrogens with zero attached hydrogens (tertiary/aromatic N) is 1. The van der Waals surface area contributed by atoms with Gasteiger partial charge in [0.2, 0.25) is 0 Å². The number of aliphatic hydroxyl groups excluding tert-OH is 1. The van der Waals surface area contributed by atoms with Crippen LogP contribution < -0.4 is 0 Å². The van der Waals surface area contributed by atoms with Crippen LogP contribution in [0.5, 0.6) is 0 Å². The van der Waals surface area contributed by atoms with Crippen molar-refractivity contribution < 1.29 is 29.0 Å². The highest BCUT2D eigenvalue weighted by Gasteiger charge is 2.24. The second-order valence-electron chi connectivity index (χ2n) is 6.84. The number of aliphatic carboxylic acids is 1. The molecule has 0 radical (unpaired) electrons. The largest absolute Gasteiger partial charge is 0.481 e. The number of carboxylic acids is 1. The quantitative estimate of drug-likeness (QED) is 0.325. The number of likely N-dealkylation sites (N-methyl/N-ethyl adjacent to an activating group) is 1. The number of allylic oxidation sites excluding steroid dienone is 1. The zero-order valence-electron chi connectivity index (χ0n) is 14.8. The molecule has 0 aliphatic carbocycles. The van der Waals surface area contributed by atoms with Gasteiger partial charge in [-0.15, -0.1) is 0 Å². The van der Waals surface area contributed by atoms with E-state index in [0.29, 0.717) is 30.3 Å². The van der Waals surface area contributed by atoms with Crippen molar-refractivity contribution in [1.82, 2.24) is 0 Å². The van der Waals surface area contributed by atoms with Gasteiger partial charge in [-0.25, -0.2) is 0 Å². The molecule has 0 heterocycles. The van der Waals surface area contributed by atoms with Crippen LogP contribution in [0.1, 0.15) is 45.4 Å². The van der Waals surface area contributed by atoms with Gasteiger partial charge in [0.25, 0.3) is 0 Å². The summed E-state index contributed by atoms with van der Waals surface area (Å²) >= 11 is 0. The normalized spacial score (nSPS) is 14.7. The molecule has 0 fully saturated rings. The third kappa shape index (κ3) is 14.0. The molecule has 0 saturated heterocycles. The zero-order valence-corrected chi connectivity index (χ0v) is 14.8. The van der Waals surface area contributed by atoms with E-state index in [2.05, 4.69) is 0 Å². The summed E-state index contributed by atoms with van der Waals surface area (Å²) < 4.78 is 5.81. The number of carbonyl (C=O) groups excluding carboxylic acids is 1. The minimum absolute atomic E-state index is 0.189. The monoisotopic (exact) mass is 330 g/mol. The molecule has 23 heavy (non-hydrogen) atoms. The molecule has 0 aromatic rings. The van der Waals surface area contributed by atoms with E-state index in [4.69, 9.17) is 9.84 Å². The van der Waals surface area contributed by atoms with Crippen LogP contribution in [0.2, 0.25) is 0 Å². The Morgan fingerprint density at radius 2 is 1.87 bits per heavy atom. The molecular formula is C17H32NO5+. The third-order valence-electron chi connectivity index (χ3n) is 3.18. The average molecular weight is 330 g/mol. The Morgan fingerprint density at radius 1 is 1.22 bits per heavy atom.